The molecule has 2 amide bonds. The number of benzene rings is 1. The van der Waals surface area contributed by atoms with Crippen molar-refractivity contribution in [2.75, 3.05) is 11.9 Å². The van der Waals surface area contributed by atoms with Crippen molar-refractivity contribution in [1.82, 2.24) is 20.3 Å². The molecule has 2 N–H and O–H groups in total. The third-order valence-electron chi connectivity index (χ3n) is 4.72. The summed E-state index contributed by atoms with van der Waals surface area (Å²) < 4.78 is 20.1. The number of aromatic nitrogens is 3. The van der Waals surface area contributed by atoms with Gasteiger partial charge in [0.05, 0.1) is 24.7 Å². The Morgan fingerprint density at radius 1 is 1.25 bits per heavy atom. The summed E-state index contributed by atoms with van der Waals surface area (Å²) in [7, 11) is 0. The molecule has 8 heteroatoms. The van der Waals surface area contributed by atoms with Crippen molar-refractivity contribution in [3.8, 4) is 5.75 Å². The Hall–Kier alpha value is -3.55. The smallest absolute Gasteiger partial charge is 0.320 e. The van der Waals surface area contributed by atoms with Crippen LogP contribution in [-0.2, 0) is 5.54 Å². The van der Waals surface area contributed by atoms with Gasteiger partial charge in [-0.15, -0.1) is 0 Å². The fourth-order valence-electron chi connectivity index (χ4n) is 3.31. The Morgan fingerprint density at radius 3 is 2.86 bits per heavy atom. The maximum absolute atomic E-state index is 14.4. The van der Waals surface area contributed by atoms with Crippen LogP contribution in [0.25, 0.3) is 0 Å². The van der Waals surface area contributed by atoms with Crippen LogP contribution in [0.1, 0.15) is 23.2 Å². The predicted octanol–water partition coefficient (Wildman–Crippen LogP) is 3.17. The molecule has 1 aromatic carbocycles. The zero-order chi connectivity index (χ0) is 19.6. The summed E-state index contributed by atoms with van der Waals surface area (Å²) in [6, 6.07) is 7.99. The lowest BCUT2D eigenvalue weighted by atomic mass is 9.81. The molecule has 3 aromatic rings. The standard InChI is InChI=1S/C20H18FN5O2/c1-13-4-5-14(9-16(13)21)20(6-8-28-17-3-2-7-24-18(17)20)26-19(27)25-15-10-22-12-23-11-15/h2-5,7,9-12H,6,8H2,1H3,(H2,25,26,27)/t20-/m0/s1. The van der Waals surface area contributed by atoms with Gasteiger partial charge in [0.15, 0.2) is 0 Å². The highest BCUT2D eigenvalue weighted by Gasteiger charge is 2.42. The fourth-order valence-corrected chi connectivity index (χ4v) is 3.31. The van der Waals surface area contributed by atoms with E-state index in [2.05, 4.69) is 25.6 Å². The maximum Gasteiger partial charge on any atom is 0.320 e. The molecule has 4 rings (SSSR count). The second-order valence-electron chi connectivity index (χ2n) is 6.52. The van der Waals surface area contributed by atoms with Crippen LogP contribution < -0.4 is 15.4 Å². The third-order valence-corrected chi connectivity index (χ3v) is 4.72. The lowest BCUT2D eigenvalue weighted by molar-refractivity contribution is 0.200. The second-order valence-corrected chi connectivity index (χ2v) is 6.52. The molecule has 0 aliphatic carbocycles. The van der Waals surface area contributed by atoms with Crippen molar-refractivity contribution in [3.63, 3.8) is 0 Å². The Labute approximate surface area is 161 Å². The molecule has 7 nitrogen and oxygen atoms in total. The average molecular weight is 379 g/mol. The largest absolute Gasteiger partial charge is 0.491 e. The highest BCUT2D eigenvalue weighted by Crippen LogP contribution is 2.40. The van der Waals surface area contributed by atoms with E-state index in [1.807, 2.05) is 0 Å². The van der Waals surface area contributed by atoms with E-state index in [1.165, 1.54) is 24.8 Å². The van der Waals surface area contributed by atoms with E-state index in [4.69, 9.17) is 4.74 Å². The number of carbonyl (C=O) groups excluding carboxylic acids is 1. The quantitative estimate of drug-likeness (QED) is 0.730. The van der Waals surface area contributed by atoms with E-state index >= 15 is 0 Å². The summed E-state index contributed by atoms with van der Waals surface area (Å²) in [6.45, 7) is 2.04. The highest BCUT2D eigenvalue weighted by atomic mass is 19.1. The first kappa shape index (κ1) is 17.8. The average Bonchev–Trinajstić information content (AvgIpc) is 2.71. The summed E-state index contributed by atoms with van der Waals surface area (Å²) in [4.78, 5) is 25.0. The summed E-state index contributed by atoms with van der Waals surface area (Å²) in [5, 5.41) is 5.69. The molecule has 0 fully saturated rings. The number of hydrogen-bond acceptors (Lipinski definition) is 5. The van der Waals surface area contributed by atoms with Gasteiger partial charge in [-0.25, -0.2) is 19.2 Å². The topological polar surface area (TPSA) is 89.0 Å². The van der Waals surface area contributed by atoms with Gasteiger partial charge in [-0.1, -0.05) is 12.1 Å². The zero-order valence-electron chi connectivity index (χ0n) is 15.1. The first-order chi connectivity index (χ1) is 13.6. The van der Waals surface area contributed by atoms with Crippen molar-refractivity contribution >= 4 is 11.7 Å². The monoisotopic (exact) mass is 379 g/mol. The molecule has 0 spiro atoms. The fraction of sp³-hybridized carbons (Fsp3) is 0.200. The minimum absolute atomic E-state index is 0.348. The molecule has 0 unspecified atom stereocenters. The normalized spacial score (nSPS) is 17.9. The van der Waals surface area contributed by atoms with E-state index in [1.54, 1.807) is 37.4 Å². The van der Waals surface area contributed by atoms with Crippen LogP contribution in [-0.4, -0.2) is 27.6 Å². The molecule has 28 heavy (non-hydrogen) atoms. The molecule has 0 saturated carbocycles. The summed E-state index contributed by atoms with van der Waals surface area (Å²) in [5.74, 6) is 0.206. The van der Waals surface area contributed by atoms with Gasteiger partial charge < -0.3 is 15.4 Å². The number of amides is 2. The van der Waals surface area contributed by atoms with E-state index in [0.717, 1.165) is 0 Å². The number of fused-ring (bicyclic) bond motifs is 1. The molecule has 0 radical (unpaired) electrons. The molecule has 3 heterocycles. The second kappa shape index (κ2) is 7.22. The van der Waals surface area contributed by atoms with Crippen LogP contribution in [0.4, 0.5) is 14.9 Å². The van der Waals surface area contributed by atoms with Gasteiger partial charge in [0.25, 0.3) is 0 Å². The van der Waals surface area contributed by atoms with Crippen LogP contribution in [0.15, 0.2) is 55.2 Å². The number of pyridine rings is 1. The van der Waals surface area contributed by atoms with Gasteiger partial charge in [-0.3, -0.25) is 4.98 Å². The number of halogens is 1. The van der Waals surface area contributed by atoms with E-state index in [-0.39, 0.29) is 5.82 Å². The maximum atomic E-state index is 14.4. The summed E-state index contributed by atoms with van der Waals surface area (Å²) >= 11 is 0. The Balaban J connectivity index is 1.77. The number of urea groups is 1. The summed E-state index contributed by atoms with van der Waals surface area (Å²) in [6.07, 6.45) is 6.37. The number of carbonyl (C=O) groups is 1. The van der Waals surface area contributed by atoms with Crippen molar-refractivity contribution in [2.24, 2.45) is 0 Å². The summed E-state index contributed by atoms with van der Waals surface area (Å²) in [5.41, 5.74) is 1.06. The Morgan fingerprint density at radius 2 is 2.07 bits per heavy atom. The van der Waals surface area contributed by atoms with Gasteiger partial charge >= 0.3 is 6.03 Å². The van der Waals surface area contributed by atoms with Gasteiger partial charge in [-0.2, -0.15) is 0 Å². The number of nitrogens with zero attached hydrogens (tertiary/aromatic N) is 3. The molecule has 0 saturated heterocycles. The van der Waals surface area contributed by atoms with Crippen LogP contribution in [0.5, 0.6) is 5.75 Å². The van der Waals surface area contributed by atoms with Crippen molar-refractivity contribution in [3.05, 3.63) is 77.9 Å². The van der Waals surface area contributed by atoms with E-state index in [0.29, 0.717) is 41.3 Å². The molecule has 0 bridgehead atoms. The molecular weight excluding hydrogens is 361 g/mol. The van der Waals surface area contributed by atoms with Crippen LogP contribution in [0.3, 0.4) is 0 Å². The predicted molar refractivity (Wildman–Crippen MR) is 100 cm³/mol. The third kappa shape index (κ3) is 3.24. The van der Waals surface area contributed by atoms with Crippen LogP contribution >= 0.6 is 0 Å². The van der Waals surface area contributed by atoms with Crippen molar-refractivity contribution < 1.29 is 13.9 Å². The minimum Gasteiger partial charge on any atom is -0.491 e. The number of rotatable bonds is 3. The van der Waals surface area contributed by atoms with Crippen LogP contribution in [0, 0.1) is 12.7 Å². The molecule has 1 aliphatic rings. The van der Waals surface area contributed by atoms with Gasteiger partial charge in [0.1, 0.15) is 29.1 Å². The number of nitrogens with one attached hydrogen (secondary N) is 2. The first-order valence-corrected chi connectivity index (χ1v) is 8.77. The Bertz CT molecular complexity index is 1010. The van der Waals surface area contributed by atoms with E-state index in [9.17, 15) is 9.18 Å². The molecular formula is C20H18FN5O2. The lowest BCUT2D eigenvalue weighted by Gasteiger charge is -2.39. The lowest BCUT2D eigenvalue weighted by Crippen LogP contribution is -2.51. The Kier molecular flexibility index (Phi) is 4.60. The molecule has 2 aromatic heterocycles. The molecule has 1 aliphatic heterocycles. The molecule has 142 valence electrons. The van der Waals surface area contributed by atoms with Crippen molar-refractivity contribution in [1.29, 1.82) is 0 Å². The van der Waals surface area contributed by atoms with E-state index < -0.39 is 11.6 Å². The highest BCUT2D eigenvalue weighted by molar-refractivity contribution is 5.90. The van der Waals surface area contributed by atoms with Crippen molar-refractivity contribution in [2.45, 2.75) is 18.9 Å². The first-order valence-electron chi connectivity index (χ1n) is 8.77. The van der Waals surface area contributed by atoms with Gasteiger partial charge in [0, 0.05) is 12.6 Å². The van der Waals surface area contributed by atoms with Gasteiger partial charge in [0.2, 0.25) is 0 Å². The number of aryl methyl sites for hydroxylation is 1. The minimum atomic E-state index is -1.04. The SMILES string of the molecule is Cc1ccc([C@@]2(NC(=O)Nc3cncnc3)CCOc3cccnc32)cc1F. The molecule has 1 atom stereocenters. The zero-order valence-corrected chi connectivity index (χ0v) is 15.1. The number of ether oxygens (including phenoxy) is 1. The van der Waals surface area contributed by atoms with Crippen LogP contribution in [0.2, 0.25) is 0 Å². The number of anilines is 1. The number of hydrogen-bond donors (Lipinski definition) is 2. The van der Waals surface area contributed by atoms with Gasteiger partial charge in [-0.05, 0) is 36.2 Å².